The Hall–Kier alpha value is -3.69. The highest BCUT2D eigenvalue weighted by atomic mass is 35.5. The van der Waals surface area contributed by atoms with Gasteiger partial charge in [-0.1, -0.05) is 41.9 Å². The lowest BCUT2D eigenvalue weighted by Gasteiger charge is -2.17. The molecule has 4 aromatic rings. The van der Waals surface area contributed by atoms with Gasteiger partial charge in [0.25, 0.3) is 10.0 Å². The Morgan fingerprint density at radius 2 is 1.69 bits per heavy atom. The van der Waals surface area contributed by atoms with Crippen LogP contribution in [-0.2, 0) is 21.2 Å². The minimum Gasteiger partial charge on any atom is -0.495 e. The van der Waals surface area contributed by atoms with Gasteiger partial charge in [0.05, 0.1) is 23.4 Å². The number of halogens is 3. The van der Waals surface area contributed by atoms with Gasteiger partial charge >= 0.3 is 5.97 Å². The van der Waals surface area contributed by atoms with E-state index in [2.05, 4.69) is 4.72 Å². The summed E-state index contributed by atoms with van der Waals surface area (Å²) in [6.07, 6.45) is -0.609. The third-order valence-electron chi connectivity index (χ3n) is 5.32. The molecule has 0 spiro atoms. The molecule has 2 N–H and O–H groups in total. The lowest BCUT2D eigenvalue weighted by molar-refractivity contribution is -0.136. The SMILES string of the molecule is COc1c(-c2ccc(F)c(Cl)c2)cc(S(=O)(=O)Nc2ccc(F)c(CC(=O)O)c2)c2ccccc12. The van der Waals surface area contributed by atoms with Crippen molar-refractivity contribution in [1.29, 1.82) is 0 Å². The van der Waals surface area contributed by atoms with Crippen LogP contribution in [0.15, 0.2) is 71.6 Å². The summed E-state index contributed by atoms with van der Waals surface area (Å²) < 4.78 is 62.7. The van der Waals surface area contributed by atoms with Gasteiger partial charge in [-0.3, -0.25) is 9.52 Å². The summed E-state index contributed by atoms with van der Waals surface area (Å²) in [6, 6.07) is 15.4. The van der Waals surface area contributed by atoms with Gasteiger partial charge in [-0.05, 0) is 42.0 Å². The maximum atomic E-state index is 14.0. The van der Waals surface area contributed by atoms with Crippen molar-refractivity contribution < 1.29 is 31.8 Å². The normalized spacial score (nSPS) is 11.4. The number of hydrogen-bond donors (Lipinski definition) is 2. The second kappa shape index (κ2) is 9.52. The number of hydrogen-bond acceptors (Lipinski definition) is 4. The predicted molar refractivity (Wildman–Crippen MR) is 129 cm³/mol. The van der Waals surface area contributed by atoms with Crippen molar-refractivity contribution in [2.45, 2.75) is 11.3 Å². The van der Waals surface area contributed by atoms with E-state index in [0.29, 0.717) is 27.6 Å². The van der Waals surface area contributed by atoms with Crippen molar-refractivity contribution in [3.63, 3.8) is 0 Å². The van der Waals surface area contributed by atoms with Crippen LogP contribution in [0.1, 0.15) is 5.56 Å². The van der Waals surface area contributed by atoms with E-state index in [9.17, 15) is 22.0 Å². The fraction of sp³-hybridized carbons (Fsp3) is 0.0800. The molecule has 0 aromatic heterocycles. The Bertz CT molecular complexity index is 1570. The molecule has 0 bridgehead atoms. The molecular weight excluding hydrogens is 500 g/mol. The molecule has 0 fully saturated rings. The van der Waals surface area contributed by atoms with Crippen LogP contribution in [0.2, 0.25) is 5.02 Å². The Morgan fingerprint density at radius 1 is 1.00 bits per heavy atom. The molecular formula is C25H18ClF2NO5S. The molecule has 10 heteroatoms. The third kappa shape index (κ3) is 4.91. The summed E-state index contributed by atoms with van der Waals surface area (Å²) in [7, 11) is -2.82. The Kier molecular flexibility index (Phi) is 6.64. The number of carbonyl (C=O) groups is 1. The van der Waals surface area contributed by atoms with Crippen molar-refractivity contribution in [1.82, 2.24) is 0 Å². The van der Waals surface area contributed by atoms with Crippen molar-refractivity contribution >= 4 is 44.1 Å². The summed E-state index contributed by atoms with van der Waals surface area (Å²) >= 11 is 5.96. The molecule has 0 heterocycles. The largest absolute Gasteiger partial charge is 0.495 e. The average Bonchev–Trinajstić information content (AvgIpc) is 2.81. The van der Waals surface area contributed by atoms with Crippen molar-refractivity contribution in [3.8, 4) is 16.9 Å². The van der Waals surface area contributed by atoms with Gasteiger partial charge in [0.15, 0.2) is 0 Å². The Balaban J connectivity index is 1.90. The Labute approximate surface area is 204 Å². The van der Waals surface area contributed by atoms with E-state index < -0.39 is 34.0 Å². The first-order chi connectivity index (χ1) is 16.6. The number of benzene rings is 4. The quantitative estimate of drug-likeness (QED) is 0.319. The zero-order valence-corrected chi connectivity index (χ0v) is 19.8. The van der Waals surface area contributed by atoms with Gasteiger partial charge < -0.3 is 9.84 Å². The number of carboxylic acid groups (broad SMARTS) is 1. The molecule has 0 unspecified atom stereocenters. The van der Waals surface area contributed by atoms with Gasteiger partial charge in [-0.2, -0.15) is 0 Å². The minimum atomic E-state index is -4.25. The number of anilines is 1. The molecule has 4 rings (SSSR count). The van der Waals surface area contributed by atoms with E-state index in [4.69, 9.17) is 21.4 Å². The molecule has 0 aliphatic rings. The maximum absolute atomic E-state index is 14.0. The summed E-state index contributed by atoms with van der Waals surface area (Å²) in [4.78, 5) is 10.9. The molecule has 35 heavy (non-hydrogen) atoms. The lowest BCUT2D eigenvalue weighted by Crippen LogP contribution is -2.14. The second-order valence-corrected chi connectivity index (χ2v) is 9.67. The van der Waals surface area contributed by atoms with Crippen LogP contribution in [0.5, 0.6) is 5.75 Å². The predicted octanol–water partition coefficient (Wildman–Crippen LogP) is 5.87. The van der Waals surface area contributed by atoms with Crippen LogP contribution < -0.4 is 9.46 Å². The van der Waals surface area contributed by atoms with Crippen LogP contribution in [0, 0.1) is 11.6 Å². The zero-order chi connectivity index (χ0) is 25.3. The fourth-order valence-electron chi connectivity index (χ4n) is 3.78. The second-order valence-electron chi connectivity index (χ2n) is 7.61. The smallest absolute Gasteiger partial charge is 0.307 e. The standard InChI is InChI=1S/C25H18ClF2NO5S/c1-34-25-18-5-3-2-4-17(18)23(13-19(25)14-6-8-22(28)20(26)11-14)35(32,33)29-16-7-9-21(27)15(10-16)12-24(30)31/h2-11,13,29H,12H2,1H3,(H,30,31). The molecule has 0 saturated carbocycles. The topological polar surface area (TPSA) is 92.7 Å². The van der Waals surface area contributed by atoms with Gasteiger partial charge in [0, 0.05) is 27.6 Å². The maximum Gasteiger partial charge on any atom is 0.307 e. The first kappa shape index (κ1) is 24.4. The number of carboxylic acids is 1. The highest BCUT2D eigenvalue weighted by Gasteiger charge is 2.24. The van der Waals surface area contributed by atoms with Crippen LogP contribution in [0.3, 0.4) is 0 Å². The highest BCUT2D eigenvalue weighted by Crippen LogP contribution is 2.41. The van der Waals surface area contributed by atoms with E-state index in [1.54, 1.807) is 24.3 Å². The van der Waals surface area contributed by atoms with Crippen LogP contribution >= 0.6 is 11.6 Å². The van der Waals surface area contributed by atoms with E-state index in [-0.39, 0.29) is 21.2 Å². The van der Waals surface area contributed by atoms with Gasteiger partial charge in [0.1, 0.15) is 17.4 Å². The van der Waals surface area contributed by atoms with Crippen LogP contribution in [0.25, 0.3) is 21.9 Å². The molecule has 0 saturated heterocycles. The molecule has 0 atom stereocenters. The molecule has 4 aromatic carbocycles. The molecule has 180 valence electrons. The van der Waals surface area contributed by atoms with Crippen molar-refractivity contribution in [2.24, 2.45) is 0 Å². The third-order valence-corrected chi connectivity index (χ3v) is 7.03. The van der Waals surface area contributed by atoms with E-state index >= 15 is 0 Å². The summed E-state index contributed by atoms with van der Waals surface area (Å²) in [5.74, 6) is -2.28. The lowest BCUT2D eigenvalue weighted by atomic mass is 9.99. The van der Waals surface area contributed by atoms with Crippen molar-refractivity contribution in [2.75, 3.05) is 11.8 Å². The first-order valence-electron chi connectivity index (χ1n) is 10.2. The number of aliphatic carboxylic acids is 1. The number of rotatable bonds is 7. The fourth-order valence-corrected chi connectivity index (χ4v) is 5.25. The Morgan fingerprint density at radius 3 is 2.34 bits per heavy atom. The molecule has 0 aliphatic carbocycles. The molecule has 0 aliphatic heterocycles. The summed E-state index contributed by atoms with van der Waals surface area (Å²) in [5, 5.41) is 9.68. The van der Waals surface area contributed by atoms with Gasteiger partial charge in [0.2, 0.25) is 0 Å². The van der Waals surface area contributed by atoms with E-state index in [0.717, 1.165) is 12.1 Å². The van der Waals surface area contributed by atoms with Crippen molar-refractivity contribution in [3.05, 3.63) is 89.0 Å². The number of fused-ring (bicyclic) bond motifs is 1. The zero-order valence-electron chi connectivity index (χ0n) is 18.2. The van der Waals surface area contributed by atoms with Gasteiger partial charge in [-0.15, -0.1) is 0 Å². The number of sulfonamides is 1. The number of ether oxygens (including phenoxy) is 1. The van der Waals surface area contributed by atoms with Crippen LogP contribution in [0.4, 0.5) is 14.5 Å². The number of methoxy groups -OCH3 is 1. The summed E-state index contributed by atoms with van der Waals surface area (Å²) in [6.45, 7) is 0. The average molecular weight is 518 g/mol. The monoisotopic (exact) mass is 517 g/mol. The molecule has 6 nitrogen and oxygen atoms in total. The highest BCUT2D eigenvalue weighted by molar-refractivity contribution is 7.93. The molecule has 0 amide bonds. The molecule has 0 radical (unpaired) electrons. The van der Waals surface area contributed by atoms with Gasteiger partial charge in [-0.25, -0.2) is 17.2 Å². The van der Waals surface area contributed by atoms with E-state index in [1.807, 2.05) is 0 Å². The van der Waals surface area contributed by atoms with Crippen LogP contribution in [-0.4, -0.2) is 26.6 Å². The summed E-state index contributed by atoms with van der Waals surface area (Å²) in [5.41, 5.74) is 0.619. The van der Waals surface area contributed by atoms with E-state index in [1.165, 1.54) is 37.4 Å². The minimum absolute atomic E-state index is 0.00562. The number of nitrogens with one attached hydrogen (secondary N) is 1. The first-order valence-corrected chi connectivity index (χ1v) is 12.0.